The van der Waals surface area contributed by atoms with Crippen molar-refractivity contribution in [3.8, 4) is 11.8 Å². The number of anilines is 2. The number of piperazine rings is 1. The Bertz CT molecular complexity index is 1090. The minimum absolute atomic E-state index is 0.279. The Morgan fingerprint density at radius 1 is 1.06 bits per heavy atom. The highest BCUT2D eigenvalue weighted by atomic mass is 32.1. The summed E-state index contributed by atoms with van der Waals surface area (Å²) in [7, 11) is 0. The zero-order chi connectivity index (χ0) is 21.2. The van der Waals surface area contributed by atoms with Gasteiger partial charge < -0.3 is 25.0 Å². The van der Waals surface area contributed by atoms with Crippen LogP contribution in [-0.2, 0) is 13.0 Å². The number of aromatic nitrogens is 2. The third-order valence-electron chi connectivity index (χ3n) is 5.93. The summed E-state index contributed by atoms with van der Waals surface area (Å²) in [5.41, 5.74) is 3.23. The molecule has 7 nitrogen and oxygen atoms in total. The number of phenolic OH excluding ortho intramolecular Hbond substituents is 1. The Balaban J connectivity index is 1.53. The van der Waals surface area contributed by atoms with Crippen molar-refractivity contribution >= 4 is 34.9 Å². The highest BCUT2D eigenvalue weighted by Gasteiger charge is 2.27. The fraction of sp³-hybridized carbons (Fsp3) is 0.391. The third kappa shape index (κ3) is 4.09. The summed E-state index contributed by atoms with van der Waals surface area (Å²) in [5, 5.41) is 15.9. The van der Waals surface area contributed by atoms with Crippen molar-refractivity contribution in [2.24, 2.45) is 0 Å². The van der Waals surface area contributed by atoms with Crippen LogP contribution in [0.4, 0.5) is 11.5 Å². The van der Waals surface area contributed by atoms with Gasteiger partial charge in [0.25, 0.3) is 0 Å². The Morgan fingerprint density at radius 2 is 1.90 bits per heavy atom. The van der Waals surface area contributed by atoms with E-state index in [0.717, 1.165) is 67.1 Å². The number of benzene rings is 2. The molecule has 0 aliphatic carbocycles. The number of thiol groups is 1. The predicted molar refractivity (Wildman–Crippen MR) is 127 cm³/mol. The number of aromatic hydroxyl groups is 1. The standard InChI is InChI=1S/C23H27N5O2S/c29-17-13-16-3-1-2-4-18(16)21(14-17)28-8-5-19-20(15-28)25-23(30-11-12-31)26-22(19)27-9-6-24-7-10-27/h1-4,13-14,24,29,31H,5-12,15H2. The molecule has 0 amide bonds. The first-order valence-corrected chi connectivity index (χ1v) is 11.4. The van der Waals surface area contributed by atoms with Gasteiger partial charge in [-0.15, -0.1) is 0 Å². The molecular weight excluding hydrogens is 410 g/mol. The average molecular weight is 438 g/mol. The summed E-state index contributed by atoms with van der Waals surface area (Å²) in [6.45, 7) is 5.73. The van der Waals surface area contributed by atoms with E-state index in [0.29, 0.717) is 24.9 Å². The number of rotatable bonds is 5. The average Bonchev–Trinajstić information content (AvgIpc) is 2.81. The molecule has 3 heterocycles. The molecule has 1 saturated heterocycles. The van der Waals surface area contributed by atoms with Crippen molar-refractivity contribution < 1.29 is 9.84 Å². The van der Waals surface area contributed by atoms with Crippen LogP contribution >= 0.6 is 12.6 Å². The van der Waals surface area contributed by atoms with Crippen LogP contribution in [0.15, 0.2) is 36.4 Å². The Hall–Kier alpha value is -2.71. The molecule has 0 bridgehead atoms. The molecule has 1 aromatic heterocycles. The van der Waals surface area contributed by atoms with Crippen LogP contribution < -0.4 is 19.9 Å². The number of nitrogens with one attached hydrogen (secondary N) is 1. The SMILES string of the molecule is Oc1cc(N2CCc3c(nc(OCCS)nc3N3CCNCC3)C2)c2ccccc2c1. The van der Waals surface area contributed by atoms with Crippen LogP contribution in [0.1, 0.15) is 11.3 Å². The van der Waals surface area contributed by atoms with Gasteiger partial charge >= 0.3 is 6.01 Å². The highest BCUT2D eigenvalue weighted by Crippen LogP contribution is 2.36. The number of ether oxygens (including phenoxy) is 1. The van der Waals surface area contributed by atoms with Gasteiger partial charge in [-0.1, -0.05) is 24.3 Å². The maximum atomic E-state index is 10.3. The van der Waals surface area contributed by atoms with Crippen LogP contribution in [0.3, 0.4) is 0 Å². The molecule has 2 aliphatic rings. The van der Waals surface area contributed by atoms with Gasteiger partial charge in [-0.2, -0.15) is 22.6 Å². The van der Waals surface area contributed by atoms with Crippen LogP contribution in [0.25, 0.3) is 10.8 Å². The summed E-state index contributed by atoms with van der Waals surface area (Å²) < 4.78 is 5.78. The number of fused-ring (bicyclic) bond motifs is 2. The van der Waals surface area contributed by atoms with Crippen LogP contribution in [0.2, 0.25) is 0 Å². The smallest absolute Gasteiger partial charge is 0.318 e. The van der Waals surface area contributed by atoms with Gasteiger partial charge in [-0.25, -0.2) is 0 Å². The molecule has 5 rings (SSSR count). The first-order chi connectivity index (χ1) is 15.2. The van der Waals surface area contributed by atoms with Crippen LogP contribution in [0, 0.1) is 0 Å². The summed E-state index contributed by atoms with van der Waals surface area (Å²) >= 11 is 4.25. The number of hydrogen-bond donors (Lipinski definition) is 3. The molecule has 2 aliphatic heterocycles. The van der Waals surface area contributed by atoms with E-state index in [-0.39, 0.29) is 5.75 Å². The van der Waals surface area contributed by atoms with Crippen LogP contribution in [-0.4, -0.2) is 60.2 Å². The summed E-state index contributed by atoms with van der Waals surface area (Å²) in [4.78, 5) is 14.2. The topological polar surface area (TPSA) is 73.8 Å². The van der Waals surface area contributed by atoms with E-state index in [2.05, 4.69) is 33.8 Å². The normalized spacial score (nSPS) is 16.4. The summed E-state index contributed by atoms with van der Waals surface area (Å²) in [6.07, 6.45) is 0.853. The second-order valence-electron chi connectivity index (χ2n) is 7.92. The number of phenols is 1. The van der Waals surface area contributed by atoms with Crippen molar-refractivity contribution in [3.05, 3.63) is 47.7 Å². The lowest BCUT2D eigenvalue weighted by molar-refractivity contribution is 0.314. The molecular formula is C23H27N5O2S. The first-order valence-electron chi connectivity index (χ1n) is 10.8. The molecule has 2 N–H and O–H groups in total. The minimum atomic E-state index is 0.279. The molecule has 0 atom stereocenters. The molecule has 0 saturated carbocycles. The van der Waals surface area contributed by atoms with Crippen molar-refractivity contribution in [1.29, 1.82) is 0 Å². The molecule has 8 heteroatoms. The summed E-state index contributed by atoms with van der Waals surface area (Å²) in [6, 6.07) is 12.2. The Labute approximate surface area is 187 Å². The number of hydrogen-bond acceptors (Lipinski definition) is 8. The van der Waals surface area contributed by atoms with Crippen LogP contribution in [0.5, 0.6) is 11.8 Å². The van der Waals surface area contributed by atoms with E-state index in [1.54, 1.807) is 0 Å². The minimum Gasteiger partial charge on any atom is -0.508 e. The van der Waals surface area contributed by atoms with E-state index in [9.17, 15) is 5.11 Å². The molecule has 31 heavy (non-hydrogen) atoms. The van der Waals surface area contributed by atoms with Gasteiger partial charge in [0.05, 0.1) is 12.2 Å². The molecule has 0 spiro atoms. The summed E-state index contributed by atoms with van der Waals surface area (Å²) in [5.74, 6) is 1.90. The van der Waals surface area contributed by atoms with Crippen molar-refractivity contribution in [2.45, 2.75) is 13.0 Å². The van der Waals surface area contributed by atoms with Crippen molar-refractivity contribution in [2.75, 3.05) is 54.9 Å². The predicted octanol–water partition coefficient (Wildman–Crippen LogP) is 2.62. The molecule has 0 radical (unpaired) electrons. The molecule has 2 aromatic carbocycles. The lowest BCUT2D eigenvalue weighted by Gasteiger charge is -2.35. The second kappa shape index (κ2) is 8.80. The molecule has 0 unspecified atom stereocenters. The van der Waals surface area contributed by atoms with Crippen molar-refractivity contribution in [3.63, 3.8) is 0 Å². The maximum absolute atomic E-state index is 10.3. The van der Waals surface area contributed by atoms with Gasteiger partial charge in [0.1, 0.15) is 18.2 Å². The fourth-order valence-electron chi connectivity index (χ4n) is 4.47. The first kappa shape index (κ1) is 20.2. The zero-order valence-corrected chi connectivity index (χ0v) is 18.3. The molecule has 3 aromatic rings. The van der Waals surface area contributed by atoms with Gasteiger partial charge in [0, 0.05) is 61.2 Å². The quantitative estimate of drug-likeness (QED) is 0.530. The lowest BCUT2D eigenvalue weighted by Crippen LogP contribution is -2.45. The van der Waals surface area contributed by atoms with E-state index in [4.69, 9.17) is 14.7 Å². The van der Waals surface area contributed by atoms with Gasteiger partial charge in [-0.05, 0) is 17.9 Å². The number of nitrogens with zero attached hydrogens (tertiary/aromatic N) is 4. The zero-order valence-electron chi connectivity index (χ0n) is 17.4. The Morgan fingerprint density at radius 3 is 2.74 bits per heavy atom. The maximum Gasteiger partial charge on any atom is 0.318 e. The Kier molecular flexibility index (Phi) is 5.74. The molecule has 162 valence electrons. The van der Waals surface area contributed by atoms with E-state index in [1.807, 2.05) is 30.3 Å². The van der Waals surface area contributed by atoms with Gasteiger partial charge in [0.15, 0.2) is 0 Å². The fourth-order valence-corrected chi connectivity index (χ4v) is 4.56. The molecule has 1 fully saturated rings. The largest absolute Gasteiger partial charge is 0.508 e. The lowest BCUT2D eigenvalue weighted by atomic mass is 10.0. The van der Waals surface area contributed by atoms with Crippen molar-refractivity contribution in [1.82, 2.24) is 15.3 Å². The second-order valence-corrected chi connectivity index (χ2v) is 8.37. The van der Waals surface area contributed by atoms with E-state index < -0.39 is 0 Å². The van der Waals surface area contributed by atoms with E-state index in [1.165, 1.54) is 5.56 Å². The monoisotopic (exact) mass is 437 g/mol. The van der Waals surface area contributed by atoms with Gasteiger partial charge in [0.2, 0.25) is 0 Å². The highest BCUT2D eigenvalue weighted by molar-refractivity contribution is 7.80. The van der Waals surface area contributed by atoms with Gasteiger partial charge in [-0.3, -0.25) is 0 Å². The van der Waals surface area contributed by atoms with E-state index >= 15 is 0 Å². The third-order valence-corrected chi connectivity index (χ3v) is 6.11.